The summed E-state index contributed by atoms with van der Waals surface area (Å²) in [7, 11) is 0. The molecular weight excluding hydrogens is 458 g/mol. The number of halogens is 1. The van der Waals surface area contributed by atoms with Crippen molar-refractivity contribution in [3.05, 3.63) is 65.2 Å². The van der Waals surface area contributed by atoms with E-state index in [9.17, 15) is 14.4 Å². The summed E-state index contributed by atoms with van der Waals surface area (Å²) >= 11 is 7.30. The maximum Gasteiger partial charge on any atom is 0.408 e. The summed E-state index contributed by atoms with van der Waals surface area (Å²) in [5.41, 5.74) is 0.749. The lowest BCUT2D eigenvalue weighted by molar-refractivity contribution is -0.139. The average molecular weight is 476 g/mol. The van der Waals surface area contributed by atoms with Crippen LogP contribution in [0.5, 0.6) is 0 Å². The van der Waals surface area contributed by atoms with Gasteiger partial charge in [-0.05, 0) is 39.9 Å². The van der Waals surface area contributed by atoms with Crippen LogP contribution in [0.2, 0.25) is 5.02 Å². The monoisotopic (exact) mass is 475 g/mol. The number of Topliss-reactive ketones (excluding diaryl/α,β-unsaturated/α-hetero) is 1. The van der Waals surface area contributed by atoms with Gasteiger partial charge in [0.25, 0.3) is 0 Å². The van der Waals surface area contributed by atoms with Crippen molar-refractivity contribution in [2.45, 2.75) is 35.7 Å². The molecule has 2 aromatic carbocycles. The summed E-state index contributed by atoms with van der Waals surface area (Å²) < 4.78 is 6.29. The Hall–Kier alpha value is -3.44. The molecule has 0 aliphatic heterocycles. The third-order valence-electron chi connectivity index (χ3n) is 4.11. The smallest absolute Gasteiger partial charge is 0.408 e. The Morgan fingerprint density at radius 1 is 1.12 bits per heavy atom. The predicted octanol–water partition coefficient (Wildman–Crippen LogP) is 2.82. The Morgan fingerprint density at radius 3 is 2.56 bits per heavy atom. The van der Waals surface area contributed by atoms with Gasteiger partial charge in [-0.1, -0.05) is 54.1 Å². The molecule has 0 fully saturated rings. The number of carboxylic acid groups (broad SMARTS) is 1. The first-order valence-electron chi connectivity index (χ1n) is 9.32. The minimum atomic E-state index is -1.32. The van der Waals surface area contributed by atoms with Gasteiger partial charge in [-0.25, -0.2) is 9.48 Å². The van der Waals surface area contributed by atoms with Gasteiger partial charge in [0.05, 0.1) is 11.4 Å². The van der Waals surface area contributed by atoms with E-state index in [-0.39, 0.29) is 18.3 Å². The second-order valence-corrected chi connectivity index (χ2v) is 7.89. The molecule has 2 N–H and O–H groups in total. The molecule has 3 aromatic rings. The zero-order chi connectivity index (χ0) is 22.9. The van der Waals surface area contributed by atoms with E-state index in [0.717, 1.165) is 17.3 Å². The third kappa shape index (κ3) is 6.79. The minimum absolute atomic E-state index is 0.0216. The fourth-order valence-corrected chi connectivity index (χ4v) is 3.62. The number of nitrogens with one attached hydrogen (secondary N) is 1. The number of ether oxygens (including phenoxy) is 1. The highest BCUT2D eigenvalue weighted by Crippen LogP contribution is 2.31. The van der Waals surface area contributed by atoms with Crippen LogP contribution < -0.4 is 5.32 Å². The Labute approximate surface area is 191 Å². The molecule has 32 heavy (non-hydrogen) atoms. The van der Waals surface area contributed by atoms with E-state index < -0.39 is 30.3 Å². The zero-order valence-corrected chi connectivity index (χ0v) is 18.1. The molecule has 1 unspecified atom stereocenters. The molecule has 10 nitrogen and oxygen atoms in total. The number of hydrogen-bond acceptors (Lipinski definition) is 8. The number of ketones is 1. The Kier molecular flexibility index (Phi) is 8.17. The molecule has 1 aromatic heterocycles. The number of benzene rings is 2. The number of carboxylic acids is 1. The molecule has 166 valence electrons. The Bertz CT molecular complexity index is 1090. The SMILES string of the molecule is O=C(O)CC(NC(=O)OCc1ccccc1)C(=O)Cn1nnnc1Sc1ccccc1Cl. The Morgan fingerprint density at radius 2 is 1.84 bits per heavy atom. The highest BCUT2D eigenvalue weighted by molar-refractivity contribution is 7.99. The van der Waals surface area contributed by atoms with Crippen molar-refractivity contribution in [2.24, 2.45) is 0 Å². The fraction of sp³-hybridized carbons (Fsp3) is 0.200. The van der Waals surface area contributed by atoms with Gasteiger partial charge in [-0.3, -0.25) is 9.59 Å². The molecule has 1 amide bonds. The number of aromatic nitrogens is 4. The summed E-state index contributed by atoms with van der Waals surface area (Å²) in [6.45, 7) is -0.372. The molecule has 12 heteroatoms. The molecule has 0 aliphatic carbocycles. The van der Waals surface area contributed by atoms with Gasteiger partial charge < -0.3 is 15.2 Å². The van der Waals surface area contributed by atoms with Crippen LogP contribution in [0.25, 0.3) is 0 Å². The summed E-state index contributed by atoms with van der Waals surface area (Å²) in [6.07, 6.45) is -1.52. The van der Waals surface area contributed by atoms with E-state index in [4.69, 9.17) is 21.4 Å². The van der Waals surface area contributed by atoms with Crippen molar-refractivity contribution < 1.29 is 24.2 Å². The quantitative estimate of drug-likeness (QED) is 0.453. The van der Waals surface area contributed by atoms with E-state index in [1.165, 1.54) is 4.68 Å². The average Bonchev–Trinajstić information content (AvgIpc) is 3.20. The van der Waals surface area contributed by atoms with Gasteiger partial charge in [0.15, 0.2) is 5.78 Å². The highest BCUT2D eigenvalue weighted by atomic mass is 35.5. The van der Waals surface area contributed by atoms with E-state index in [1.807, 2.05) is 6.07 Å². The van der Waals surface area contributed by atoms with Crippen LogP contribution in [0.4, 0.5) is 4.79 Å². The number of tetrazole rings is 1. The van der Waals surface area contributed by atoms with Gasteiger partial charge in [-0.2, -0.15) is 0 Å². The number of nitrogens with zero attached hydrogens (tertiary/aromatic N) is 4. The largest absolute Gasteiger partial charge is 0.481 e. The van der Waals surface area contributed by atoms with Crippen molar-refractivity contribution in [2.75, 3.05) is 0 Å². The van der Waals surface area contributed by atoms with Crippen LogP contribution in [0.1, 0.15) is 12.0 Å². The lowest BCUT2D eigenvalue weighted by Gasteiger charge is -2.16. The maximum absolute atomic E-state index is 12.7. The lowest BCUT2D eigenvalue weighted by Crippen LogP contribution is -2.44. The predicted molar refractivity (Wildman–Crippen MR) is 114 cm³/mol. The molecule has 0 aliphatic rings. The summed E-state index contributed by atoms with van der Waals surface area (Å²) in [4.78, 5) is 36.8. The maximum atomic E-state index is 12.7. The van der Waals surface area contributed by atoms with Crippen LogP contribution >= 0.6 is 23.4 Å². The van der Waals surface area contributed by atoms with E-state index in [1.54, 1.807) is 48.5 Å². The molecule has 1 heterocycles. The molecule has 0 radical (unpaired) electrons. The van der Waals surface area contributed by atoms with Crippen LogP contribution in [0.3, 0.4) is 0 Å². The summed E-state index contributed by atoms with van der Waals surface area (Å²) in [5, 5.41) is 23.4. The second-order valence-electron chi connectivity index (χ2n) is 6.47. The van der Waals surface area contributed by atoms with Crippen molar-refractivity contribution >= 4 is 41.2 Å². The standard InChI is InChI=1S/C20H18ClN5O5S/c21-14-8-4-5-9-17(14)32-19-23-24-25-26(19)11-16(27)15(10-18(28)29)22-20(30)31-12-13-6-2-1-3-7-13/h1-9,15H,10-12H2,(H,22,30)(H,28,29). The number of hydrogen-bond donors (Lipinski definition) is 2. The van der Waals surface area contributed by atoms with Crippen molar-refractivity contribution in [3.8, 4) is 0 Å². The molecule has 0 bridgehead atoms. The number of alkyl carbamates (subject to hydrolysis) is 1. The van der Waals surface area contributed by atoms with Crippen LogP contribution in [-0.4, -0.2) is 49.2 Å². The van der Waals surface area contributed by atoms with Crippen LogP contribution in [-0.2, 0) is 27.5 Å². The number of rotatable bonds is 10. The molecule has 0 saturated carbocycles. The van der Waals surface area contributed by atoms with Gasteiger partial charge >= 0.3 is 12.1 Å². The number of carbonyl (C=O) groups is 3. The van der Waals surface area contributed by atoms with Crippen molar-refractivity contribution in [1.82, 2.24) is 25.5 Å². The first kappa shape index (κ1) is 23.2. The Balaban J connectivity index is 1.64. The summed E-state index contributed by atoms with van der Waals surface area (Å²) in [6, 6.07) is 14.7. The van der Waals surface area contributed by atoms with Crippen molar-refractivity contribution in [1.29, 1.82) is 0 Å². The van der Waals surface area contributed by atoms with Crippen LogP contribution in [0.15, 0.2) is 64.6 Å². The molecular formula is C20H18ClN5O5S. The van der Waals surface area contributed by atoms with Gasteiger partial charge in [0.1, 0.15) is 19.2 Å². The van der Waals surface area contributed by atoms with E-state index in [0.29, 0.717) is 9.92 Å². The molecule has 3 rings (SSSR count). The van der Waals surface area contributed by atoms with Crippen molar-refractivity contribution in [3.63, 3.8) is 0 Å². The first-order valence-corrected chi connectivity index (χ1v) is 10.5. The zero-order valence-electron chi connectivity index (χ0n) is 16.6. The second kappa shape index (κ2) is 11.3. The summed E-state index contributed by atoms with van der Waals surface area (Å²) in [5.74, 6) is -1.86. The molecule has 0 saturated heterocycles. The lowest BCUT2D eigenvalue weighted by atomic mass is 10.1. The highest BCUT2D eigenvalue weighted by Gasteiger charge is 2.26. The minimum Gasteiger partial charge on any atom is -0.481 e. The first-order chi connectivity index (χ1) is 15.4. The normalized spacial score (nSPS) is 11.5. The third-order valence-corrected chi connectivity index (χ3v) is 5.61. The van der Waals surface area contributed by atoms with E-state index >= 15 is 0 Å². The number of carbonyl (C=O) groups excluding carboxylic acids is 2. The fourth-order valence-electron chi connectivity index (χ4n) is 2.58. The van der Waals surface area contributed by atoms with Crippen LogP contribution in [0, 0.1) is 0 Å². The number of amides is 1. The molecule has 1 atom stereocenters. The van der Waals surface area contributed by atoms with Gasteiger partial charge in [-0.15, -0.1) is 5.10 Å². The topological polar surface area (TPSA) is 136 Å². The van der Waals surface area contributed by atoms with Gasteiger partial charge in [0.2, 0.25) is 5.16 Å². The van der Waals surface area contributed by atoms with E-state index in [2.05, 4.69) is 20.8 Å². The molecule has 0 spiro atoms. The number of aliphatic carboxylic acids is 1. The van der Waals surface area contributed by atoms with Gasteiger partial charge in [0, 0.05) is 4.90 Å².